The van der Waals surface area contributed by atoms with Gasteiger partial charge in [-0.1, -0.05) is 0 Å². The van der Waals surface area contributed by atoms with E-state index in [-0.39, 0.29) is 24.5 Å². The highest BCUT2D eigenvalue weighted by atomic mass is 16.5. The second kappa shape index (κ2) is 6.62. The third-order valence-electron chi connectivity index (χ3n) is 4.84. The van der Waals surface area contributed by atoms with E-state index in [9.17, 15) is 9.90 Å². The lowest BCUT2D eigenvalue weighted by Gasteiger charge is -2.37. The van der Waals surface area contributed by atoms with Crippen LogP contribution in [-0.2, 0) is 11.3 Å². The minimum absolute atomic E-state index is 0.115. The van der Waals surface area contributed by atoms with Gasteiger partial charge in [-0.2, -0.15) is 0 Å². The number of nitrogens with zero attached hydrogens (tertiary/aromatic N) is 2. The summed E-state index contributed by atoms with van der Waals surface area (Å²) < 4.78 is 7.22. The molecule has 124 valence electrons. The van der Waals surface area contributed by atoms with Gasteiger partial charge in [-0.25, -0.2) is 0 Å². The fraction of sp³-hybridized carbons (Fsp3) is 0.500. The van der Waals surface area contributed by atoms with Crippen LogP contribution >= 0.6 is 0 Å². The molecule has 3 rings (SSSR count). The highest BCUT2D eigenvalue weighted by molar-refractivity contribution is 5.84. The van der Waals surface area contributed by atoms with Gasteiger partial charge in [0.2, 0.25) is 5.91 Å². The first-order valence-corrected chi connectivity index (χ1v) is 8.15. The van der Waals surface area contributed by atoms with Crippen LogP contribution in [-0.4, -0.2) is 46.8 Å². The molecule has 1 aromatic carbocycles. The van der Waals surface area contributed by atoms with Crippen molar-refractivity contribution in [3.8, 4) is 5.75 Å². The van der Waals surface area contributed by atoms with Crippen molar-refractivity contribution in [3.05, 3.63) is 30.5 Å². The molecule has 1 saturated heterocycles. The number of methoxy groups -OCH3 is 1. The molecule has 2 atom stereocenters. The molecule has 5 nitrogen and oxygen atoms in total. The Morgan fingerprint density at radius 2 is 2.17 bits per heavy atom. The number of rotatable bonds is 4. The van der Waals surface area contributed by atoms with Crippen LogP contribution in [0.4, 0.5) is 0 Å². The molecule has 0 saturated carbocycles. The van der Waals surface area contributed by atoms with Gasteiger partial charge in [-0.05, 0) is 49.9 Å². The van der Waals surface area contributed by atoms with Crippen molar-refractivity contribution in [2.24, 2.45) is 5.92 Å². The topological polar surface area (TPSA) is 54.7 Å². The van der Waals surface area contributed by atoms with Gasteiger partial charge in [0.25, 0.3) is 0 Å². The Bertz CT molecular complexity index is 695. The molecule has 0 bridgehead atoms. The van der Waals surface area contributed by atoms with Gasteiger partial charge in [-0.3, -0.25) is 4.79 Å². The molecule has 1 amide bonds. The van der Waals surface area contributed by atoms with Crippen molar-refractivity contribution in [2.75, 3.05) is 20.3 Å². The fourth-order valence-electron chi connectivity index (χ4n) is 3.36. The lowest BCUT2D eigenvalue weighted by Crippen LogP contribution is -2.47. The third-order valence-corrected chi connectivity index (χ3v) is 4.84. The Balaban J connectivity index is 1.77. The summed E-state index contributed by atoms with van der Waals surface area (Å²) in [5, 5.41) is 10.4. The number of fused-ring (bicyclic) bond motifs is 1. The number of ether oxygens (including phenoxy) is 1. The van der Waals surface area contributed by atoms with Crippen LogP contribution in [0, 0.1) is 5.92 Å². The van der Waals surface area contributed by atoms with E-state index in [4.69, 9.17) is 4.74 Å². The molecule has 2 unspecified atom stereocenters. The summed E-state index contributed by atoms with van der Waals surface area (Å²) >= 11 is 0. The molecular weight excluding hydrogens is 292 g/mol. The van der Waals surface area contributed by atoms with Crippen LogP contribution in [0.25, 0.3) is 10.9 Å². The first-order chi connectivity index (χ1) is 11.1. The normalized spacial score (nSPS) is 21.6. The summed E-state index contributed by atoms with van der Waals surface area (Å²) in [6.07, 6.45) is 3.90. The summed E-state index contributed by atoms with van der Waals surface area (Å²) in [4.78, 5) is 14.6. The summed E-state index contributed by atoms with van der Waals surface area (Å²) in [7, 11) is 1.65. The second-order valence-electron chi connectivity index (χ2n) is 6.39. The largest absolute Gasteiger partial charge is 0.497 e. The molecular formula is C18H24N2O3. The molecule has 2 aromatic rings. The Kier molecular flexibility index (Phi) is 4.57. The summed E-state index contributed by atoms with van der Waals surface area (Å²) in [6.45, 7) is 3.23. The summed E-state index contributed by atoms with van der Waals surface area (Å²) in [5.41, 5.74) is 1.03. The zero-order valence-electron chi connectivity index (χ0n) is 13.7. The first-order valence-electron chi connectivity index (χ1n) is 8.15. The van der Waals surface area contributed by atoms with Gasteiger partial charge >= 0.3 is 0 Å². The Hall–Kier alpha value is -2.01. The minimum Gasteiger partial charge on any atom is -0.497 e. The lowest BCUT2D eigenvalue weighted by atomic mass is 9.94. The molecule has 1 fully saturated rings. The molecule has 23 heavy (non-hydrogen) atoms. The number of aromatic nitrogens is 1. The molecule has 5 heteroatoms. The molecule has 1 aromatic heterocycles. The maximum absolute atomic E-state index is 12.7. The van der Waals surface area contributed by atoms with E-state index in [1.54, 1.807) is 7.11 Å². The van der Waals surface area contributed by atoms with E-state index in [2.05, 4.69) is 6.92 Å². The predicted molar refractivity (Wildman–Crippen MR) is 89.5 cm³/mol. The van der Waals surface area contributed by atoms with E-state index in [0.717, 1.165) is 29.5 Å². The highest BCUT2D eigenvalue weighted by Crippen LogP contribution is 2.24. The van der Waals surface area contributed by atoms with Crippen molar-refractivity contribution in [1.82, 2.24) is 9.47 Å². The number of hydrogen-bond acceptors (Lipinski definition) is 3. The fourth-order valence-corrected chi connectivity index (χ4v) is 3.36. The van der Waals surface area contributed by atoms with E-state index in [0.29, 0.717) is 13.1 Å². The average molecular weight is 316 g/mol. The zero-order chi connectivity index (χ0) is 16.4. The number of aliphatic hydroxyl groups excluding tert-OH is 1. The number of carbonyl (C=O) groups excluding carboxylic acids is 1. The van der Waals surface area contributed by atoms with E-state index < -0.39 is 0 Å². The minimum atomic E-state index is 0.115. The quantitative estimate of drug-likeness (QED) is 0.941. The molecule has 0 spiro atoms. The van der Waals surface area contributed by atoms with Crippen molar-refractivity contribution >= 4 is 16.8 Å². The van der Waals surface area contributed by atoms with Crippen molar-refractivity contribution < 1.29 is 14.6 Å². The molecule has 1 aliphatic heterocycles. The number of benzene rings is 1. The molecule has 1 aliphatic rings. The standard InChI is InChI=1S/C18H24N2O3/c1-13-3-4-14(12-21)10-20(13)18(22)11-19-8-7-15-9-16(23-2)5-6-17(15)19/h5-9,13-14,21H,3-4,10-12H2,1-2H3. The number of likely N-dealkylation sites (tertiary alicyclic amines) is 1. The van der Waals surface area contributed by atoms with Gasteiger partial charge in [0, 0.05) is 36.3 Å². The summed E-state index contributed by atoms with van der Waals surface area (Å²) in [6, 6.07) is 8.11. The predicted octanol–water partition coefficient (Wildman–Crippen LogP) is 2.27. The maximum atomic E-state index is 12.7. The number of amides is 1. The molecule has 2 heterocycles. The molecule has 1 N–H and O–H groups in total. The van der Waals surface area contributed by atoms with Gasteiger partial charge < -0.3 is 19.3 Å². The van der Waals surface area contributed by atoms with Crippen LogP contribution in [0.3, 0.4) is 0 Å². The second-order valence-corrected chi connectivity index (χ2v) is 6.39. The van der Waals surface area contributed by atoms with Crippen molar-refractivity contribution in [3.63, 3.8) is 0 Å². The van der Waals surface area contributed by atoms with E-state index in [1.807, 2.05) is 39.9 Å². The van der Waals surface area contributed by atoms with Crippen LogP contribution < -0.4 is 4.74 Å². The van der Waals surface area contributed by atoms with Crippen molar-refractivity contribution in [2.45, 2.75) is 32.4 Å². The van der Waals surface area contributed by atoms with Crippen molar-refractivity contribution in [1.29, 1.82) is 0 Å². The van der Waals surface area contributed by atoms with Crippen LogP contribution in [0.5, 0.6) is 5.75 Å². The summed E-state index contributed by atoms with van der Waals surface area (Å²) in [5.74, 6) is 1.14. The monoisotopic (exact) mass is 316 g/mol. The van der Waals surface area contributed by atoms with Gasteiger partial charge in [0.15, 0.2) is 0 Å². The Morgan fingerprint density at radius 3 is 2.91 bits per heavy atom. The average Bonchev–Trinajstić information content (AvgIpc) is 2.97. The van der Waals surface area contributed by atoms with Gasteiger partial charge in [0.05, 0.1) is 7.11 Å². The van der Waals surface area contributed by atoms with Gasteiger partial charge in [0.1, 0.15) is 12.3 Å². The van der Waals surface area contributed by atoms with Crippen LogP contribution in [0.1, 0.15) is 19.8 Å². The lowest BCUT2D eigenvalue weighted by molar-refractivity contribution is -0.136. The first kappa shape index (κ1) is 15.9. The van der Waals surface area contributed by atoms with Crippen LogP contribution in [0.15, 0.2) is 30.5 Å². The molecule has 0 radical (unpaired) electrons. The number of hydrogen-bond donors (Lipinski definition) is 1. The van der Waals surface area contributed by atoms with E-state index in [1.165, 1.54) is 0 Å². The van der Waals surface area contributed by atoms with Crippen LogP contribution in [0.2, 0.25) is 0 Å². The third kappa shape index (κ3) is 3.20. The smallest absolute Gasteiger partial charge is 0.242 e. The SMILES string of the molecule is COc1ccc2c(ccn2CC(=O)N2CC(CO)CCC2C)c1. The molecule has 0 aliphatic carbocycles. The number of carbonyl (C=O) groups is 1. The Morgan fingerprint density at radius 1 is 1.35 bits per heavy atom. The zero-order valence-corrected chi connectivity index (χ0v) is 13.7. The Labute approximate surface area is 136 Å². The van der Waals surface area contributed by atoms with Gasteiger partial charge in [-0.15, -0.1) is 0 Å². The number of aliphatic hydroxyl groups is 1. The number of piperidine rings is 1. The maximum Gasteiger partial charge on any atom is 0.242 e. The highest BCUT2D eigenvalue weighted by Gasteiger charge is 2.28. The van der Waals surface area contributed by atoms with E-state index >= 15 is 0 Å².